The molecule has 18 heavy (non-hydrogen) atoms. The quantitative estimate of drug-likeness (QED) is 0.702. The van der Waals surface area contributed by atoms with Crippen LogP contribution in [0.15, 0.2) is 24.3 Å². The highest BCUT2D eigenvalue weighted by molar-refractivity contribution is 7.89. The lowest BCUT2D eigenvalue weighted by molar-refractivity contribution is 0.576. The highest BCUT2D eigenvalue weighted by Crippen LogP contribution is 2.03. The van der Waals surface area contributed by atoms with Gasteiger partial charge in [0.25, 0.3) is 0 Å². The molecule has 0 saturated heterocycles. The average molecular weight is 270 g/mol. The summed E-state index contributed by atoms with van der Waals surface area (Å²) in [5.74, 6) is 0.124. The van der Waals surface area contributed by atoms with Crippen molar-refractivity contribution in [3.8, 4) is 0 Å². The fraction of sp³-hybridized carbons (Fsp3) is 0.538. The van der Waals surface area contributed by atoms with Crippen molar-refractivity contribution in [3.05, 3.63) is 35.4 Å². The van der Waals surface area contributed by atoms with Gasteiger partial charge in [-0.25, -0.2) is 13.1 Å². The molecule has 0 radical (unpaired) electrons. The van der Waals surface area contributed by atoms with E-state index in [1.165, 1.54) is 0 Å². The summed E-state index contributed by atoms with van der Waals surface area (Å²) in [4.78, 5) is 0. The van der Waals surface area contributed by atoms with Crippen molar-refractivity contribution in [1.82, 2.24) is 10.0 Å². The third-order valence-corrected chi connectivity index (χ3v) is 3.88. The lowest BCUT2D eigenvalue weighted by Gasteiger charge is -2.08. The zero-order valence-corrected chi connectivity index (χ0v) is 11.9. The Morgan fingerprint density at radius 1 is 1.22 bits per heavy atom. The smallest absolute Gasteiger partial charge is 0.213 e. The Morgan fingerprint density at radius 3 is 2.67 bits per heavy atom. The van der Waals surface area contributed by atoms with E-state index in [0.29, 0.717) is 13.1 Å². The van der Waals surface area contributed by atoms with Gasteiger partial charge in [0, 0.05) is 13.1 Å². The van der Waals surface area contributed by atoms with Crippen molar-refractivity contribution in [1.29, 1.82) is 0 Å². The Hall–Kier alpha value is -0.910. The van der Waals surface area contributed by atoms with Gasteiger partial charge in [0.1, 0.15) is 0 Å². The molecule has 0 bridgehead atoms. The first kappa shape index (κ1) is 15.1. The number of benzene rings is 1. The van der Waals surface area contributed by atoms with E-state index in [4.69, 9.17) is 0 Å². The summed E-state index contributed by atoms with van der Waals surface area (Å²) >= 11 is 0. The van der Waals surface area contributed by atoms with Crippen LogP contribution in [0.3, 0.4) is 0 Å². The van der Waals surface area contributed by atoms with E-state index in [1.807, 2.05) is 31.2 Å². The molecule has 1 aromatic rings. The van der Waals surface area contributed by atoms with E-state index in [9.17, 15) is 8.42 Å². The maximum Gasteiger partial charge on any atom is 0.213 e. The van der Waals surface area contributed by atoms with Crippen molar-refractivity contribution >= 4 is 10.0 Å². The van der Waals surface area contributed by atoms with E-state index in [2.05, 4.69) is 17.0 Å². The van der Waals surface area contributed by atoms with Crippen LogP contribution in [0.2, 0.25) is 0 Å². The van der Waals surface area contributed by atoms with Gasteiger partial charge in [-0.2, -0.15) is 0 Å². The first-order valence-electron chi connectivity index (χ1n) is 6.27. The lowest BCUT2D eigenvalue weighted by Crippen LogP contribution is -2.31. The van der Waals surface area contributed by atoms with Gasteiger partial charge in [0.15, 0.2) is 0 Å². The van der Waals surface area contributed by atoms with Crippen LogP contribution in [-0.4, -0.2) is 27.3 Å². The summed E-state index contributed by atoms with van der Waals surface area (Å²) in [6.45, 7) is 5.76. The van der Waals surface area contributed by atoms with Crippen LogP contribution in [0.25, 0.3) is 0 Å². The second-order valence-electron chi connectivity index (χ2n) is 4.38. The fourth-order valence-electron chi connectivity index (χ4n) is 1.60. The molecule has 1 aromatic carbocycles. The van der Waals surface area contributed by atoms with Gasteiger partial charge in [0.05, 0.1) is 5.75 Å². The van der Waals surface area contributed by atoms with Crippen molar-refractivity contribution in [2.24, 2.45) is 0 Å². The van der Waals surface area contributed by atoms with Gasteiger partial charge in [-0.05, 0) is 25.5 Å². The van der Waals surface area contributed by atoms with Gasteiger partial charge in [-0.15, -0.1) is 0 Å². The van der Waals surface area contributed by atoms with Crippen LogP contribution < -0.4 is 10.0 Å². The van der Waals surface area contributed by atoms with Gasteiger partial charge in [-0.1, -0.05) is 36.8 Å². The Labute approximate surface area is 110 Å². The molecule has 0 saturated carbocycles. The van der Waals surface area contributed by atoms with E-state index in [1.54, 1.807) is 0 Å². The highest BCUT2D eigenvalue weighted by Gasteiger charge is 2.08. The molecule has 0 aliphatic rings. The number of hydrogen-bond acceptors (Lipinski definition) is 3. The van der Waals surface area contributed by atoms with Gasteiger partial charge < -0.3 is 5.32 Å². The topological polar surface area (TPSA) is 58.2 Å². The Balaban J connectivity index is 2.37. The second kappa shape index (κ2) is 7.51. The molecule has 0 spiro atoms. The largest absolute Gasteiger partial charge is 0.316 e. The second-order valence-corrected chi connectivity index (χ2v) is 6.31. The van der Waals surface area contributed by atoms with Crippen LogP contribution in [0.4, 0.5) is 0 Å². The first-order valence-corrected chi connectivity index (χ1v) is 7.92. The Kier molecular flexibility index (Phi) is 6.32. The first-order chi connectivity index (χ1) is 8.53. The number of hydrogen-bond donors (Lipinski definition) is 2. The summed E-state index contributed by atoms with van der Waals surface area (Å²) in [5.41, 5.74) is 2.12. The van der Waals surface area contributed by atoms with E-state index in [-0.39, 0.29) is 5.75 Å². The number of rotatable bonds is 8. The zero-order valence-electron chi connectivity index (χ0n) is 11.1. The molecule has 0 unspecified atom stereocenters. The van der Waals surface area contributed by atoms with Crippen molar-refractivity contribution < 1.29 is 8.42 Å². The molecular weight excluding hydrogens is 248 g/mol. The molecule has 0 heterocycles. The third-order valence-electron chi connectivity index (χ3n) is 2.55. The number of sulfonamides is 1. The molecule has 1 rings (SSSR count). The molecule has 0 aliphatic carbocycles. The normalized spacial score (nSPS) is 11.7. The highest BCUT2D eigenvalue weighted by atomic mass is 32.2. The summed E-state index contributed by atoms with van der Waals surface area (Å²) in [6, 6.07) is 7.83. The van der Waals surface area contributed by atoms with Crippen molar-refractivity contribution in [2.45, 2.75) is 26.8 Å². The van der Waals surface area contributed by atoms with Gasteiger partial charge in [-0.3, -0.25) is 0 Å². The molecule has 0 aromatic heterocycles. The van der Waals surface area contributed by atoms with Crippen LogP contribution in [-0.2, 0) is 16.6 Å². The summed E-state index contributed by atoms with van der Waals surface area (Å²) in [6.07, 6.45) is 1.01. The minimum absolute atomic E-state index is 0.124. The van der Waals surface area contributed by atoms with Crippen LogP contribution in [0, 0.1) is 6.92 Å². The Bertz CT molecular complexity index is 458. The molecule has 5 heteroatoms. The zero-order chi connectivity index (χ0) is 13.4. The fourth-order valence-corrected chi connectivity index (χ4v) is 2.54. The van der Waals surface area contributed by atoms with E-state index < -0.39 is 10.0 Å². The summed E-state index contributed by atoms with van der Waals surface area (Å²) in [7, 11) is -3.19. The number of aryl methyl sites for hydroxylation is 1. The maximum absolute atomic E-state index is 11.7. The molecule has 0 aliphatic heterocycles. The third kappa shape index (κ3) is 6.14. The SMILES string of the molecule is CCCNCCS(=O)(=O)NCc1cccc(C)c1. The lowest BCUT2D eigenvalue weighted by atomic mass is 10.1. The molecule has 0 fully saturated rings. The summed E-state index contributed by atoms with van der Waals surface area (Å²) in [5, 5.41) is 3.08. The minimum atomic E-state index is -3.19. The predicted octanol–water partition coefficient (Wildman–Crippen LogP) is 1.41. The molecule has 102 valence electrons. The summed E-state index contributed by atoms with van der Waals surface area (Å²) < 4.78 is 26.0. The standard InChI is InChI=1S/C13H22N2O2S/c1-3-7-14-8-9-18(16,17)15-11-13-6-4-5-12(2)10-13/h4-6,10,14-15H,3,7-9,11H2,1-2H3. The Morgan fingerprint density at radius 2 is 2.00 bits per heavy atom. The molecule has 0 atom stereocenters. The van der Waals surface area contributed by atoms with E-state index in [0.717, 1.165) is 24.1 Å². The monoisotopic (exact) mass is 270 g/mol. The molecular formula is C13H22N2O2S. The van der Waals surface area contributed by atoms with Gasteiger partial charge in [0.2, 0.25) is 10.0 Å². The average Bonchev–Trinajstić information content (AvgIpc) is 2.33. The maximum atomic E-state index is 11.7. The minimum Gasteiger partial charge on any atom is -0.316 e. The number of nitrogens with one attached hydrogen (secondary N) is 2. The van der Waals surface area contributed by atoms with Crippen molar-refractivity contribution in [2.75, 3.05) is 18.8 Å². The molecule has 0 amide bonds. The molecule has 2 N–H and O–H groups in total. The van der Waals surface area contributed by atoms with Crippen LogP contribution >= 0.6 is 0 Å². The van der Waals surface area contributed by atoms with Gasteiger partial charge >= 0.3 is 0 Å². The van der Waals surface area contributed by atoms with E-state index >= 15 is 0 Å². The van der Waals surface area contributed by atoms with Crippen molar-refractivity contribution in [3.63, 3.8) is 0 Å². The predicted molar refractivity (Wildman–Crippen MR) is 75.0 cm³/mol. The van der Waals surface area contributed by atoms with Crippen LogP contribution in [0.5, 0.6) is 0 Å². The van der Waals surface area contributed by atoms with Crippen LogP contribution in [0.1, 0.15) is 24.5 Å². The molecule has 4 nitrogen and oxygen atoms in total.